The van der Waals surface area contributed by atoms with Crippen molar-refractivity contribution in [2.24, 2.45) is 5.16 Å². The number of thiazole rings is 1. The predicted molar refractivity (Wildman–Crippen MR) is 102 cm³/mol. The summed E-state index contributed by atoms with van der Waals surface area (Å²) in [6.45, 7) is 0. The first-order chi connectivity index (χ1) is 13.0. The lowest BCUT2D eigenvalue weighted by atomic mass is 10.1. The largest absolute Gasteiger partial charge is 0.435 e. The summed E-state index contributed by atoms with van der Waals surface area (Å²) in [4.78, 5) is 15.1. The maximum atomic E-state index is 11.0. The predicted octanol–water partition coefficient (Wildman–Crippen LogP) is 5.07. The highest BCUT2D eigenvalue weighted by Gasteiger charge is 2.14. The van der Waals surface area contributed by atoms with Crippen LogP contribution in [0.3, 0.4) is 0 Å². The molecule has 0 bridgehead atoms. The maximum absolute atomic E-state index is 11.0. The van der Waals surface area contributed by atoms with E-state index >= 15 is 0 Å². The first-order valence-corrected chi connectivity index (χ1v) is 8.93. The Kier molecular flexibility index (Phi) is 4.35. The van der Waals surface area contributed by atoms with Crippen molar-refractivity contribution in [3.63, 3.8) is 0 Å². The Hall–Kier alpha value is -3.23. The molecule has 0 aliphatic rings. The highest BCUT2D eigenvalue weighted by atomic mass is 35.5. The van der Waals surface area contributed by atoms with Gasteiger partial charge in [0.05, 0.1) is 16.2 Å². The third-order valence-corrected chi connectivity index (χ3v) is 5.03. The van der Waals surface area contributed by atoms with Crippen LogP contribution < -0.4 is 5.55 Å². The van der Waals surface area contributed by atoms with Crippen LogP contribution in [0.5, 0.6) is 0 Å². The summed E-state index contributed by atoms with van der Waals surface area (Å²) in [6.07, 6.45) is 0. The summed E-state index contributed by atoms with van der Waals surface area (Å²) in [5, 5.41) is 27.1. The number of nitro groups is 1. The maximum Gasteiger partial charge on any atom is 0.270 e. The van der Waals surface area contributed by atoms with Crippen molar-refractivity contribution in [3.8, 4) is 21.8 Å². The summed E-state index contributed by atoms with van der Waals surface area (Å²) in [6, 6.07) is 13.1. The topological polar surface area (TPSA) is 102 Å². The van der Waals surface area contributed by atoms with E-state index in [0.717, 1.165) is 11.3 Å². The molecule has 2 aromatic heterocycles. The molecular weight excluding hydrogens is 390 g/mol. The molecule has 0 saturated heterocycles. The average molecular weight is 400 g/mol. The molecule has 0 spiro atoms. The Bertz CT molecular complexity index is 1230. The van der Waals surface area contributed by atoms with Crippen LogP contribution >= 0.6 is 22.9 Å². The van der Waals surface area contributed by atoms with E-state index in [4.69, 9.17) is 16.0 Å². The lowest BCUT2D eigenvalue weighted by Gasteiger charge is -2.02. The molecule has 0 radical (unpaired) electrons. The fraction of sp³-hybridized carbons (Fsp3) is 0. The van der Waals surface area contributed by atoms with Gasteiger partial charge in [-0.2, -0.15) is 0 Å². The summed E-state index contributed by atoms with van der Waals surface area (Å²) in [7, 11) is 0. The molecule has 0 atom stereocenters. The van der Waals surface area contributed by atoms with E-state index in [1.54, 1.807) is 18.2 Å². The number of halogens is 1. The first-order valence-electron chi connectivity index (χ1n) is 7.67. The van der Waals surface area contributed by atoms with Gasteiger partial charge in [0.1, 0.15) is 10.6 Å². The standard InChI is InChI=1S/C18H10ClN3O4S/c19-12-3-1-10(2-4-12)15-9-27-18(20-15)14-8-11-7-13(22(24)25)5-6-16(11)26-17(14)21-23/h1-9,23H/b21-17+. The zero-order valence-electron chi connectivity index (χ0n) is 13.5. The lowest BCUT2D eigenvalue weighted by Crippen LogP contribution is -2.05. The number of non-ortho nitro benzene ring substituents is 1. The molecule has 0 amide bonds. The minimum absolute atomic E-state index is 0.0200. The number of nitro benzene ring substituents is 1. The molecule has 4 aromatic rings. The highest BCUT2D eigenvalue weighted by Crippen LogP contribution is 2.30. The van der Waals surface area contributed by atoms with Crippen molar-refractivity contribution < 1.29 is 14.5 Å². The minimum Gasteiger partial charge on any atom is -0.435 e. The van der Waals surface area contributed by atoms with E-state index < -0.39 is 4.92 Å². The Morgan fingerprint density at radius 1 is 1.19 bits per heavy atom. The van der Waals surface area contributed by atoms with E-state index in [1.807, 2.05) is 17.5 Å². The molecule has 4 rings (SSSR count). The third-order valence-electron chi connectivity index (χ3n) is 3.91. The van der Waals surface area contributed by atoms with Gasteiger partial charge in [-0.05, 0) is 29.4 Å². The molecule has 27 heavy (non-hydrogen) atoms. The molecular formula is C18H10ClN3O4S. The van der Waals surface area contributed by atoms with Crippen LogP contribution in [0.1, 0.15) is 0 Å². The molecule has 0 fully saturated rings. The van der Waals surface area contributed by atoms with Crippen LogP contribution in [0.25, 0.3) is 32.8 Å². The lowest BCUT2D eigenvalue weighted by molar-refractivity contribution is -0.384. The molecule has 2 heterocycles. The van der Waals surface area contributed by atoms with Gasteiger partial charge in [-0.25, -0.2) is 4.98 Å². The molecule has 1 N–H and O–H groups in total. The van der Waals surface area contributed by atoms with E-state index in [-0.39, 0.29) is 11.2 Å². The summed E-state index contributed by atoms with van der Waals surface area (Å²) in [5.41, 5.74) is 2.35. The van der Waals surface area contributed by atoms with Crippen LogP contribution in [-0.4, -0.2) is 15.1 Å². The minimum atomic E-state index is -0.481. The molecule has 0 saturated carbocycles. The van der Waals surface area contributed by atoms with Gasteiger partial charge in [0, 0.05) is 33.5 Å². The molecule has 9 heteroatoms. The monoisotopic (exact) mass is 399 g/mol. The molecule has 134 valence electrons. The van der Waals surface area contributed by atoms with Crippen LogP contribution in [-0.2, 0) is 0 Å². The third kappa shape index (κ3) is 3.27. The van der Waals surface area contributed by atoms with E-state index in [1.165, 1.54) is 29.5 Å². The fourth-order valence-electron chi connectivity index (χ4n) is 2.61. The first kappa shape index (κ1) is 17.2. The van der Waals surface area contributed by atoms with Crippen molar-refractivity contribution in [1.82, 2.24) is 4.98 Å². The van der Waals surface area contributed by atoms with Gasteiger partial charge in [0.25, 0.3) is 11.2 Å². The van der Waals surface area contributed by atoms with Crippen LogP contribution in [0.2, 0.25) is 5.02 Å². The van der Waals surface area contributed by atoms with Gasteiger partial charge in [-0.3, -0.25) is 10.1 Å². The van der Waals surface area contributed by atoms with Crippen molar-refractivity contribution in [2.75, 3.05) is 0 Å². The second-order valence-corrected chi connectivity index (χ2v) is 6.88. The van der Waals surface area contributed by atoms with Crippen molar-refractivity contribution in [3.05, 3.63) is 74.6 Å². The summed E-state index contributed by atoms with van der Waals surface area (Å²) < 4.78 is 5.57. The Morgan fingerprint density at radius 3 is 2.67 bits per heavy atom. The molecule has 0 unspecified atom stereocenters. The van der Waals surface area contributed by atoms with Crippen molar-refractivity contribution >= 4 is 39.6 Å². The summed E-state index contributed by atoms with van der Waals surface area (Å²) in [5.74, 6) is 0. The number of aromatic nitrogens is 1. The highest BCUT2D eigenvalue weighted by molar-refractivity contribution is 7.13. The van der Waals surface area contributed by atoms with E-state index in [0.29, 0.717) is 26.6 Å². The number of rotatable bonds is 3. The smallest absolute Gasteiger partial charge is 0.270 e. The molecule has 0 aliphatic heterocycles. The van der Waals surface area contributed by atoms with E-state index in [2.05, 4.69) is 10.1 Å². The number of hydrogen-bond acceptors (Lipinski definition) is 7. The normalized spacial score (nSPS) is 11.8. The van der Waals surface area contributed by atoms with Crippen LogP contribution in [0.4, 0.5) is 5.69 Å². The average Bonchev–Trinajstić information content (AvgIpc) is 3.17. The van der Waals surface area contributed by atoms with Crippen molar-refractivity contribution in [2.45, 2.75) is 0 Å². The zero-order chi connectivity index (χ0) is 19.0. The van der Waals surface area contributed by atoms with Crippen LogP contribution in [0, 0.1) is 10.1 Å². The van der Waals surface area contributed by atoms with Gasteiger partial charge >= 0.3 is 0 Å². The van der Waals surface area contributed by atoms with Gasteiger partial charge in [-0.15, -0.1) is 11.3 Å². The molecule has 2 aromatic carbocycles. The molecule has 7 nitrogen and oxygen atoms in total. The van der Waals surface area contributed by atoms with Gasteiger partial charge < -0.3 is 9.62 Å². The molecule has 0 aliphatic carbocycles. The number of fused-ring (bicyclic) bond motifs is 1. The van der Waals surface area contributed by atoms with Crippen LogP contribution in [0.15, 0.2) is 63.5 Å². The summed E-state index contributed by atoms with van der Waals surface area (Å²) >= 11 is 7.25. The Labute approximate surface area is 160 Å². The number of nitrogens with zero attached hydrogens (tertiary/aromatic N) is 3. The number of benzene rings is 2. The quantitative estimate of drug-likeness (QED) is 0.294. The zero-order valence-corrected chi connectivity index (χ0v) is 15.1. The second kappa shape index (κ2) is 6.82. The SMILES string of the molecule is O=[N+]([O-])c1ccc2o/c(=N/O)c(-c3nc(-c4ccc(Cl)cc4)cs3)cc2c1. The fourth-order valence-corrected chi connectivity index (χ4v) is 3.57. The van der Waals surface area contributed by atoms with Crippen molar-refractivity contribution in [1.29, 1.82) is 0 Å². The second-order valence-electron chi connectivity index (χ2n) is 5.59. The number of hydrogen-bond donors (Lipinski definition) is 1. The van der Waals surface area contributed by atoms with Gasteiger partial charge in [0.2, 0.25) is 0 Å². The Morgan fingerprint density at radius 2 is 1.96 bits per heavy atom. The van der Waals surface area contributed by atoms with Gasteiger partial charge in [-0.1, -0.05) is 23.7 Å². The van der Waals surface area contributed by atoms with E-state index in [9.17, 15) is 15.3 Å². The van der Waals surface area contributed by atoms with Gasteiger partial charge in [0.15, 0.2) is 0 Å². The Balaban J connectivity index is 1.85.